The minimum absolute atomic E-state index is 0.00947. The average Bonchev–Trinajstić information content (AvgIpc) is 3.65. The van der Waals surface area contributed by atoms with Gasteiger partial charge in [-0.15, -0.1) is 0 Å². The molecule has 59 heavy (non-hydrogen) atoms. The van der Waals surface area contributed by atoms with Crippen molar-refractivity contribution in [2.45, 2.75) is 97.6 Å². The van der Waals surface area contributed by atoms with Gasteiger partial charge in [-0.05, 0) is 101 Å². The summed E-state index contributed by atoms with van der Waals surface area (Å²) in [6.45, 7) is 14.8. The number of carbonyl (C=O) groups excluding carboxylic acids is 4. The molecule has 4 bridgehead atoms. The summed E-state index contributed by atoms with van der Waals surface area (Å²) in [5.74, 6) is -1.28. The predicted molar refractivity (Wildman–Crippen MR) is 220 cm³/mol. The maximum Gasteiger partial charge on any atom is 0.425 e. The molecule has 0 spiro atoms. The number of imide groups is 1. The molecule has 15 heteroatoms. The van der Waals surface area contributed by atoms with Crippen LogP contribution in [0.15, 0.2) is 60.8 Å². The van der Waals surface area contributed by atoms with Crippen LogP contribution < -0.4 is 20.3 Å². The van der Waals surface area contributed by atoms with Crippen molar-refractivity contribution in [2.24, 2.45) is 0 Å². The number of likely N-dealkylation sites (N-methyl/N-ethyl adjacent to an activating group) is 1. The van der Waals surface area contributed by atoms with Crippen LogP contribution in [0.25, 0.3) is 10.8 Å². The van der Waals surface area contributed by atoms with Gasteiger partial charge in [0.2, 0.25) is 5.91 Å². The first kappa shape index (κ1) is 42.6. The number of pyridine rings is 1. The third kappa shape index (κ3) is 10.4. The molecule has 3 aromatic carbocycles. The van der Waals surface area contributed by atoms with E-state index in [4.69, 9.17) is 23.7 Å². The molecular formula is C44H52FN5O9. The van der Waals surface area contributed by atoms with Gasteiger partial charge < -0.3 is 33.9 Å². The number of anilines is 3. The van der Waals surface area contributed by atoms with Gasteiger partial charge in [0, 0.05) is 60.5 Å². The van der Waals surface area contributed by atoms with Gasteiger partial charge in [-0.3, -0.25) is 10.1 Å². The molecule has 7 rings (SSSR count). The lowest BCUT2D eigenvalue weighted by Gasteiger charge is -2.29. The van der Waals surface area contributed by atoms with E-state index in [1.807, 2.05) is 32.0 Å². The molecule has 1 saturated heterocycles. The number of rotatable bonds is 5. The van der Waals surface area contributed by atoms with Crippen LogP contribution >= 0.6 is 0 Å². The SMILES string of the molecule is Cc1cc2ccc1[C@@H](C)COC(=O)Nc1cc(F)c(O[C@@H]3CCOC3)c(c1)CN(C)C(=O)C2Nc1ccc2c(N(C(=O)OC(C)(C)C)C(=O)OC(C)(C)C)nccc2c1. The molecule has 0 saturated carbocycles. The second-order valence-electron chi connectivity index (χ2n) is 16.9. The van der Waals surface area contributed by atoms with E-state index < -0.39 is 41.3 Å². The summed E-state index contributed by atoms with van der Waals surface area (Å²) in [6, 6.07) is 14.4. The van der Waals surface area contributed by atoms with Crippen LogP contribution in [0.1, 0.15) is 89.1 Å². The van der Waals surface area contributed by atoms with Gasteiger partial charge in [0.1, 0.15) is 23.3 Å². The van der Waals surface area contributed by atoms with Crippen LogP contribution in [0.4, 0.5) is 36.0 Å². The molecule has 14 nitrogen and oxygen atoms in total. The van der Waals surface area contributed by atoms with Crippen molar-refractivity contribution in [1.29, 1.82) is 0 Å². The quantitative estimate of drug-likeness (QED) is 0.185. The Labute approximate surface area is 343 Å². The highest BCUT2D eigenvalue weighted by Crippen LogP contribution is 2.35. The Morgan fingerprint density at radius 1 is 0.966 bits per heavy atom. The van der Waals surface area contributed by atoms with Crippen LogP contribution in [0, 0.1) is 12.7 Å². The highest BCUT2D eigenvalue weighted by molar-refractivity contribution is 6.14. The van der Waals surface area contributed by atoms with Crippen molar-refractivity contribution in [1.82, 2.24) is 9.88 Å². The van der Waals surface area contributed by atoms with Gasteiger partial charge in [-0.1, -0.05) is 25.1 Å². The monoisotopic (exact) mass is 813 g/mol. The minimum atomic E-state index is -0.953. The number of halogens is 1. The van der Waals surface area contributed by atoms with Crippen LogP contribution in [-0.2, 0) is 30.3 Å². The van der Waals surface area contributed by atoms with Crippen molar-refractivity contribution in [2.75, 3.05) is 42.4 Å². The zero-order valence-corrected chi connectivity index (χ0v) is 34.9. The number of benzene rings is 3. The van der Waals surface area contributed by atoms with Crippen LogP contribution in [0.2, 0.25) is 0 Å². The fourth-order valence-corrected chi connectivity index (χ4v) is 6.92. The lowest BCUT2D eigenvalue weighted by atomic mass is 9.93. The average molecular weight is 814 g/mol. The molecule has 3 aliphatic heterocycles. The van der Waals surface area contributed by atoms with Gasteiger partial charge in [-0.25, -0.2) is 23.8 Å². The van der Waals surface area contributed by atoms with Gasteiger partial charge in [0.05, 0.1) is 19.8 Å². The summed E-state index contributed by atoms with van der Waals surface area (Å²) in [7, 11) is 1.61. The summed E-state index contributed by atoms with van der Waals surface area (Å²) in [5, 5.41) is 7.08. The Morgan fingerprint density at radius 2 is 1.68 bits per heavy atom. The summed E-state index contributed by atoms with van der Waals surface area (Å²) in [4.78, 5) is 61.2. The van der Waals surface area contributed by atoms with E-state index in [0.717, 1.165) is 22.1 Å². The first-order valence-electron chi connectivity index (χ1n) is 19.5. The molecular weight excluding hydrogens is 762 g/mol. The van der Waals surface area contributed by atoms with Crippen LogP contribution in [-0.4, -0.2) is 78.2 Å². The number of amides is 4. The van der Waals surface area contributed by atoms with E-state index in [2.05, 4.69) is 15.6 Å². The Bertz CT molecular complexity index is 2220. The number of hydrogen-bond donors (Lipinski definition) is 2. The topological polar surface area (TPSA) is 158 Å². The van der Waals surface area contributed by atoms with Crippen molar-refractivity contribution in [3.63, 3.8) is 0 Å². The lowest BCUT2D eigenvalue weighted by Crippen LogP contribution is -2.44. The van der Waals surface area contributed by atoms with Crippen molar-refractivity contribution >= 4 is 52.2 Å². The Morgan fingerprint density at radius 3 is 2.32 bits per heavy atom. The van der Waals surface area contributed by atoms with E-state index >= 15 is 4.39 Å². The van der Waals surface area contributed by atoms with Gasteiger partial charge in [0.25, 0.3) is 0 Å². The molecule has 314 valence electrons. The summed E-state index contributed by atoms with van der Waals surface area (Å²) >= 11 is 0. The van der Waals surface area contributed by atoms with Gasteiger partial charge >= 0.3 is 18.3 Å². The molecule has 0 aliphatic carbocycles. The maximum atomic E-state index is 15.8. The minimum Gasteiger partial charge on any atom is -0.484 e. The van der Waals surface area contributed by atoms with Gasteiger partial charge in [-0.2, -0.15) is 4.90 Å². The molecule has 2 N–H and O–H groups in total. The molecule has 4 amide bonds. The first-order valence-corrected chi connectivity index (χ1v) is 19.5. The zero-order valence-electron chi connectivity index (χ0n) is 34.9. The number of aryl methyl sites for hydroxylation is 1. The zero-order chi connectivity index (χ0) is 42.8. The number of hydrogen-bond acceptors (Lipinski definition) is 11. The predicted octanol–water partition coefficient (Wildman–Crippen LogP) is 9.00. The maximum absolute atomic E-state index is 15.8. The number of ether oxygens (including phenoxy) is 5. The van der Waals surface area contributed by atoms with Crippen molar-refractivity contribution < 1.29 is 47.3 Å². The van der Waals surface area contributed by atoms with Crippen molar-refractivity contribution in [3.8, 4) is 5.75 Å². The summed E-state index contributed by atoms with van der Waals surface area (Å²) in [5.41, 5.74) is 1.64. The third-order valence-corrected chi connectivity index (χ3v) is 9.61. The largest absolute Gasteiger partial charge is 0.484 e. The molecule has 3 aliphatic rings. The first-order chi connectivity index (χ1) is 27.8. The standard InChI is InChI=1S/C44H52FN5O9/c1-25-18-28-10-12-33(25)26(2)23-56-40(52)48-31-20-29(37(35(45)21-31)57-32-15-17-55-24-32)22-49(9)39(51)36(28)47-30-11-13-34-27(19-30)14-16-46-38(34)50(41(53)58-43(3,4)5)42(54)59-44(6,7)8/h10-14,16,18-21,26,32,36,47H,15,17,22-24H2,1-9H3,(H,48,52)/t26-,32+,36?/m0/s1. The second kappa shape index (κ2) is 17.1. The second-order valence-corrected chi connectivity index (χ2v) is 16.9. The van der Waals surface area contributed by atoms with E-state index in [0.29, 0.717) is 47.2 Å². The molecule has 3 atom stereocenters. The fraction of sp³-hybridized carbons (Fsp3) is 0.432. The van der Waals surface area contributed by atoms with Crippen molar-refractivity contribution in [3.05, 3.63) is 88.9 Å². The number of nitrogens with zero attached hydrogens (tertiary/aromatic N) is 3. The number of nitrogens with one attached hydrogen (secondary N) is 2. The molecule has 1 aromatic heterocycles. The Hall–Kier alpha value is -5.96. The smallest absolute Gasteiger partial charge is 0.425 e. The molecule has 1 fully saturated rings. The van der Waals surface area contributed by atoms with Gasteiger partial charge in [0.15, 0.2) is 17.4 Å². The number of fused-ring (bicyclic) bond motifs is 10. The van der Waals surface area contributed by atoms with E-state index in [9.17, 15) is 19.2 Å². The normalized spacial score (nSPS) is 18.9. The highest BCUT2D eigenvalue weighted by Gasteiger charge is 2.35. The van der Waals surface area contributed by atoms with Crippen LogP contribution in [0.3, 0.4) is 0 Å². The fourth-order valence-electron chi connectivity index (χ4n) is 6.92. The number of carbonyl (C=O) groups is 4. The van der Waals surface area contributed by atoms with E-state index in [1.165, 1.54) is 11.1 Å². The third-order valence-electron chi connectivity index (χ3n) is 9.61. The van der Waals surface area contributed by atoms with E-state index in [-0.39, 0.29) is 48.3 Å². The number of aromatic nitrogens is 1. The Kier molecular flexibility index (Phi) is 12.4. The summed E-state index contributed by atoms with van der Waals surface area (Å²) < 4.78 is 44.1. The molecule has 1 unspecified atom stereocenters. The molecule has 0 radical (unpaired) electrons. The molecule has 4 aromatic rings. The lowest BCUT2D eigenvalue weighted by molar-refractivity contribution is -0.131. The van der Waals surface area contributed by atoms with E-state index in [1.54, 1.807) is 78.9 Å². The summed E-state index contributed by atoms with van der Waals surface area (Å²) in [6.07, 6.45) is -0.988. The van der Waals surface area contributed by atoms with Crippen LogP contribution in [0.5, 0.6) is 5.75 Å². The molecule has 4 heterocycles. The highest BCUT2D eigenvalue weighted by atomic mass is 19.1. The Balaban J connectivity index is 1.39.